The third-order valence-corrected chi connectivity index (χ3v) is 4.68. The maximum absolute atomic E-state index is 6.07. The molecule has 84 valence electrons. The molecular weight excluding hydrogens is 267 g/mol. The lowest BCUT2D eigenvalue weighted by molar-refractivity contribution is 0.649. The van der Waals surface area contributed by atoms with E-state index in [1.165, 1.54) is 0 Å². The monoisotopic (exact) mass is 280 g/mol. The normalized spacial score (nSPS) is 12.8. The second-order valence-electron chi connectivity index (χ2n) is 3.34. The van der Waals surface area contributed by atoms with Crippen molar-refractivity contribution in [2.45, 2.75) is 18.2 Å². The Kier molecular flexibility index (Phi) is 6.28. The molecule has 15 heavy (non-hydrogen) atoms. The summed E-state index contributed by atoms with van der Waals surface area (Å²) in [5.41, 5.74) is 0. The summed E-state index contributed by atoms with van der Waals surface area (Å²) in [5.74, 6) is 2.59. The topological polar surface area (TPSA) is 0 Å². The van der Waals surface area contributed by atoms with Crippen molar-refractivity contribution in [3.63, 3.8) is 0 Å². The van der Waals surface area contributed by atoms with E-state index in [1.807, 2.05) is 18.2 Å². The second-order valence-corrected chi connectivity index (χ2v) is 5.61. The molecule has 1 atom stereocenters. The predicted octanol–water partition coefficient (Wildman–Crippen LogP) is 5.04. The predicted molar refractivity (Wildman–Crippen MR) is 74.8 cm³/mol. The van der Waals surface area contributed by atoms with Crippen LogP contribution < -0.4 is 0 Å². The van der Waals surface area contributed by atoms with Crippen LogP contribution in [0.25, 0.3) is 0 Å². The molecule has 0 aliphatic rings. The van der Waals surface area contributed by atoms with E-state index in [0.717, 1.165) is 32.9 Å². The molecule has 4 heteroatoms. The third kappa shape index (κ3) is 4.48. The largest absolute Gasteiger partial charge is 0.179 e. The van der Waals surface area contributed by atoms with Gasteiger partial charge in [0, 0.05) is 15.7 Å². The average Bonchev–Trinajstić information content (AvgIpc) is 2.24. The van der Waals surface area contributed by atoms with Crippen LogP contribution in [0.2, 0.25) is 10.0 Å². The Balaban J connectivity index is 2.60. The molecule has 0 aromatic heterocycles. The molecule has 0 aliphatic carbocycles. The summed E-state index contributed by atoms with van der Waals surface area (Å²) in [4.78, 5) is 1.06. The first-order chi connectivity index (χ1) is 7.17. The van der Waals surface area contributed by atoms with E-state index in [9.17, 15) is 0 Å². The van der Waals surface area contributed by atoms with Crippen molar-refractivity contribution in [3.05, 3.63) is 28.2 Å². The third-order valence-electron chi connectivity index (χ3n) is 2.20. The lowest BCUT2D eigenvalue weighted by atomic mass is 10.2. The van der Waals surface area contributed by atoms with Gasteiger partial charge in [-0.2, -0.15) is 12.6 Å². The van der Waals surface area contributed by atoms with E-state index in [1.54, 1.807) is 11.8 Å². The summed E-state index contributed by atoms with van der Waals surface area (Å²) in [6, 6.07) is 5.57. The summed E-state index contributed by atoms with van der Waals surface area (Å²) in [7, 11) is 0. The zero-order valence-corrected chi connectivity index (χ0v) is 11.8. The molecule has 0 saturated carbocycles. The van der Waals surface area contributed by atoms with Gasteiger partial charge in [-0.15, -0.1) is 11.8 Å². The molecule has 0 amide bonds. The fourth-order valence-electron chi connectivity index (χ4n) is 1.10. The highest BCUT2D eigenvalue weighted by molar-refractivity contribution is 7.99. The molecule has 0 spiro atoms. The van der Waals surface area contributed by atoms with Gasteiger partial charge in [0.2, 0.25) is 0 Å². The van der Waals surface area contributed by atoms with Crippen molar-refractivity contribution in [1.82, 2.24) is 0 Å². The van der Waals surface area contributed by atoms with Crippen LogP contribution >= 0.6 is 47.6 Å². The summed E-state index contributed by atoms with van der Waals surface area (Å²) in [6.07, 6.45) is 1.15. The Bertz CT molecular complexity index is 311. The summed E-state index contributed by atoms with van der Waals surface area (Å²) in [5, 5.41) is 1.51. The molecule has 0 N–H and O–H groups in total. The zero-order valence-electron chi connectivity index (χ0n) is 8.54. The second kappa shape index (κ2) is 6.95. The first-order valence-electron chi connectivity index (χ1n) is 4.86. The number of halogens is 2. The first-order valence-corrected chi connectivity index (χ1v) is 7.23. The molecule has 0 heterocycles. The smallest absolute Gasteiger partial charge is 0.0542 e. The minimum atomic E-state index is 0.633. The maximum Gasteiger partial charge on any atom is 0.0542 e. The van der Waals surface area contributed by atoms with Gasteiger partial charge in [-0.05, 0) is 29.9 Å². The van der Waals surface area contributed by atoms with Crippen LogP contribution in [0.4, 0.5) is 0 Å². The lowest BCUT2D eigenvalue weighted by Gasteiger charge is -2.11. The van der Waals surface area contributed by atoms with Crippen molar-refractivity contribution >= 4 is 47.6 Å². The van der Waals surface area contributed by atoms with Gasteiger partial charge in [0.05, 0.1) is 5.02 Å². The number of benzene rings is 1. The van der Waals surface area contributed by atoms with E-state index in [-0.39, 0.29) is 0 Å². The standard InChI is InChI=1S/C11H14Cl2S2/c1-2-8(6-14)7-15-11-5-9(12)3-4-10(11)13/h3-5,8,14H,2,6-7H2,1H3. The summed E-state index contributed by atoms with van der Waals surface area (Å²) < 4.78 is 0. The van der Waals surface area contributed by atoms with Crippen LogP contribution in [-0.2, 0) is 0 Å². The molecule has 0 fully saturated rings. The molecule has 1 aromatic rings. The minimum Gasteiger partial charge on any atom is -0.179 e. The zero-order chi connectivity index (χ0) is 11.3. The number of hydrogen-bond donors (Lipinski definition) is 1. The van der Waals surface area contributed by atoms with Crippen molar-refractivity contribution < 1.29 is 0 Å². The van der Waals surface area contributed by atoms with Gasteiger partial charge < -0.3 is 0 Å². The van der Waals surface area contributed by atoms with Crippen molar-refractivity contribution in [2.24, 2.45) is 5.92 Å². The van der Waals surface area contributed by atoms with E-state index in [2.05, 4.69) is 19.6 Å². The Labute approximate surface area is 111 Å². The molecule has 1 aromatic carbocycles. The van der Waals surface area contributed by atoms with Gasteiger partial charge in [0.1, 0.15) is 0 Å². The molecule has 0 bridgehead atoms. The van der Waals surface area contributed by atoms with Crippen LogP contribution in [0, 0.1) is 5.92 Å². The number of hydrogen-bond acceptors (Lipinski definition) is 2. The van der Waals surface area contributed by atoms with Crippen LogP contribution in [0.5, 0.6) is 0 Å². The van der Waals surface area contributed by atoms with Gasteiger partial charge in [-0.3, -0.25) is 0 Å². The van der Waals surface area contributed by atoms with Crippen molar-refractivity contribution in [1.29, 1.82) is 0 Å². The van der Waals surface area contributed by atoms with E-state index in [0.29, 0.717) is 5.92 Å². The highest BCUT2D eigenvalue weighted by Gasteiger charge is 2.07. The van der Waals surface area contributed by atoms with Gasteiger partial charge in [-0.1, -0.05) is 36.5 Å². The fourth-order valence-corrected chi connectivity index (χ4v) is 3.36. The lowest BCUT2D eigenvalue weighted by Crippen LogP contribution is -2.03. The molecule has 0 nitrogen and oxygen atoms in total. The Morgan fingerprint density at radius 2 is 2.13 bits per heavy atom. The van der Waals surface area contributed by atoms with E-state index in [4.69, 9.17) is 23.2 Å². The number of rotatable bonds is 5. The average molecular weight is 281 g/mol. The van der Waals surface area contributed by atoms with Crippen LogP contribution in [0.3, 0.4) is 0 Å². The van der Waals surface area contributed by atoms with Gasteiger partial charge in [-0.25, -0.2) is 0 Å². The van der Waals surface area contributed by atoms with Crippen LogP contribution in [0.15, 0.2) is 23.1 Å². The Hall–Kier alpha value is 0.500. The first kappa shape index (κ1) is 13.6. The van der Waals surface area contributed by atoms with Gasteiger partial charge in [0.15, 0.2) is 0 Å². The van der Waals surface area contributed by atoms with E-state index >= 15 is 0 Å². The summed E-state index contributed by atoms with van der Waals surface area (Å²) in [6.45, 7) is 2.18. The van der Waals surface area contributed by atoms with Gasteiger partial charge >= 0.3 is 0 Å². The highest BCUT2D eigenvalue weighted by Crippen LogP contribution is 2.31. The Morgan fingerprint density at radius 3 is 2.73 bits per heavy atom. The molecule has 0 radical (unpaired) electrons. The molecule has 1 rings (SSSR count). The molecule has 0 aliphatic heterocycles. The van der Waals surface area contributed by atoms with Crippen LogP contribution in [-0.4, -0.2) is 11.5 Å². The van der Waals surface area contributed by atoms with E-state index < -0.39 is 0 Å². The van der Waals surface area contributed by atoms with Crippen LogP contribution in [0.1, 0.15) is 13.3 Å². The molecule has 1 unspecified atom stereocenters. The SMILES string of the molecule is CCC(CS)CSc1cc(Cl)ccc1Cl. The molecular formula is C11H14Cl2S2. The van der Waals surface area contributed by atoms with Crippen molar-refractivity contribution in [2.75, 3.05) is 11.5 Å². The quantitative estimate of drug-likeness (QED) is 0.582. The fraction of sp³-hybridized carbons (Fsp3) is 0.455. The Morgan fingerprint density at radius 1 is 1.40 bits per heavy atom. The summed E-state index contributed by atoms with van der Waals surface area (Å²) >= 11 is 18.0. The maximum atomic E-state index is 6.07. The van der Waals surface area contributed by atoms with Crippen molar-refractivity contribution in [3.8, 4) is 0 Å². The number of thiol groups is 1. The number of thioether (sulfide) groups is 1. The molecule has 0 saturated heterocycles. The minimum absolute atomic E-state index is 0.633. The highest BCUT2D eigenvalue weighted by atomic mass is 35.5. The van der Waals surface area contributed by atoms with Gasteiger partial charge in [0.25, 0.3) is 0 Å².